The Bertz CT molecular complexity index is 47.6. The Morgan fingerprint density at radius 3 is 3.20 bits per heavy atom. The van der Waals surface area contributed by atoms with Gasteiger partial charge in [-0.25, -0.2) is 0 Å². The van der Waals surface area contributed by atoms with E-state index in [0.29, 0.717) is 5.94 Å². The van der Waals surface area contributed by atoms with Crippen molar-refractivity contribution in [2.45, 2.75) is 0 Å². The molecule has 0 aromatic rings. The highest BCUT2D eigenvalue weighted by molar-refractivity contribution is 8.12. The second kappa shape index (κ2) is 1.31. The molecule has 1 aliphatic heterocycles. The molecule has 0 spiro atoms. The Labute approximate surface area is 34.2 Å². The normalized spacial score (nSPS) is 19.2. The van der Waals surface area contributed by atoms with Gasteiger partial charge in [0.15, 0.2) is 11.5 Å². The standard InChI is InChI=1S/C2H2NOS/c1-3-4-2-5-1/h2H2. The maximum atomic E-state index is 4.42. The first-order valence-corrected chi connectivity index (χ1v) is 2.17. The summed E-state index contributed by atoms with van der Waals surface area (Å²) in [6.07, 6.45) is 0. The highest BCUT2D eigenvalue weighted by Crippen LogP contribution is 2.01. The summed E-state index contributed by atoms with van der Waals surface area (Å²) < 4.78 is 0. The minimum atomic E-state index is 0.639. The summed E-state index contributed by atoms with van der Waals surface area (Å²) in [5.74, 6) is 0.639. The molecule has 3 heteroatoms. The SMILES string of the molecule is [C]1=NOCS1. The van der Waals surface area contributed by atoms with E-state index in [1.165, 1.54) is 11.8 Å². The summed E-state index contributed by atoms with van der Waals surface area (Å²) in [6, 6.07) is 0. The maximum absolute atomic E-state index is 4.42. The van der Waals surface area contributed by atoms with Gasteiger partial charge in [-0.3, -0.25) is 0 Å². The van der Waals surface area contributed by atoms with Crippen molar-refractivity contribution in [3.8, 4) is 0 Å². The predicted molar refractivity (Wildman–Crippen MR) is 21.0 cm³/mol. The van der Waals surface area contributed by atoms with Crippen LogP contribution in [-0.2, 0) is 4.84 Å². The molecular weight excluding hydrogens is 86.1 g/mol. The molecule has 27 valence electrons. The number of hydrogen-bond acceptors (Lipinski definition) is 3. The molecule has 0 aromatic heterocycles. The topological polar surface area (TPSA) is 21.6 Å². The summed E-state index contributed by atoms with van der Waals surface area (Å²) in [6.45, 7) is 0. The molecule has 1 rings (SSSR count). The van der Waals surface area contributed by atoms with Crippen molar-refractivity contribution < 1.29 is 4.84 Å². The fraction of sp³-hybridized carbons (Fsp3) is 0.500. The summed E-state index contributed by atoms with van der Waals surface area (Å²) in [5.41, 5.74) is 2.54. The van der Waals surface area contributed by atoms with Gasteiger partial charge < -0.3 is 4.84 Å². The van der Waals surface area contributed by atoms with Crippen molar-refractivity contribution >= 4 is 17.3 Å². The van der Waals surface area contributed by atoms with Crippen LogP contribution in [0.5, 0.6) is 0 Å². The number of thioether (sulfide) groups is 1. The summed E-state index contributed by atoms with van der Waals surface area (Å²) in [7, 11) is 0. The van der Waals surface area contributed by atoms with Crippen molar-refractivity contribution in [1.29, 1.82) is 0 Å². The van der Waals surface area contributed by atoms with Crippen molar-refractivity contribution in [3.63, 3.8) is 0 Å². The van der Waals surface area contributed by atoms with E-state index in [2.05, 4.69) is 15.5 Å². The molecule has 0 bridgehead atoms. The molecule has 1 aliphatic rings. The highest BCUT2D eigenvalue weighted by atomic mass is 32.2. The zero-order valence-electron chi connectivity index (χ0n) is 2.47. The van der Waals surface area contributed by atoms with Gasteiger partial charge in [-0.05, 0) is 0 Å². The highest BCUT2D eigenvalue weighted by Gasteiger charge is 1.88. The van der Waals surface area contributed by atoms with Gasteiger partial charge >= 0.3 is 0 Å². The Hall–Kier alpha value is -0.180. The third-order valence-corrected chi connectivity index (χ3v) is 0.705. The fourth-order valence-electron chi connectivity index (χ4n) is 0.132. The van der Waals surface area contributed by atoms with E-state index in [1.54, 1.807) is 0 Å². The Balaban J connectivity index is 2.32. The molecule has 5 heavy (non-hydrogen) atoms. The van der Waals surface area contributed by atoms with Gasteiger partial charge in [-0.15, -0.1) is 0 Å². The summed E-state index contributed by atoms with van der Waals surface area (Å²) >= 11 is 1.44. The average molecular weight is 88.1 g/mol. The smallest absolute Gasteiger partial charge is 0.175 e. The van der Waals surface area contributed by atoms with Gasteiger partial charge in [0.2, 0.25) is 0 Å². The Kier molecular flexibility index (Phi) is 0.792. The van der Waals surface area contributed by atoms with Crippen LogP contribution in [0.25, 0.3) is 0 Å². The van der Waals surface area contributed by atoms with Crippen LogP contribution >= 0.6 is 11.8 Å². The van der Waals surface area contributed by atoms with Crippen LogP contribution in [0.2, 0.25) is 0 Å². The second-order valence-electron chi connectivity index (χ2n) is 0.574. The molecule has 0 saturated carbocycles. The summed E-state index contributed by atoms with van der Waals surface area (Å²) in [4.78, 5) is 4.42. The van der Waals surface area contributed by atoms with E-state index in [-0.39, 0.29) is 0 Å². The van der Waals surface area contributed by atoms with Crippen LogP contribution in [0, 0.1) is 0 Å². The lowest BCUT2D eigenvalue weighted by Crippen LogP contribution is -1.63. The lowest BCUT2D eigenvalue weighted by Gasteiger charge is -1.74. The van der Waals surface area contributed by atoms with Crippen LogP contribution < -0.4 is 0 Å². The van der Waals surface area contributed by atoms with Crippen molar-refractivity contribution in [1.82, 2.24) is 0 Å². The lowest BCUT2D eigenvalue weighted by molar-refractivity contribution is 0.205. The van der Waals surface area contributed by atoms with E-state index in [0.717, 1.165) is 0 Å². The largest absolute Gasteiger partial charge is 0.383 e. The molecule has 0 N–H and O–H groups in total. The van der Waals surface area contributed by atoms with Gasteiger partial charge in [-0.1, -0.05) is 16.9 Å². The molecule has 1 heterocycles. The number of hydrogen-bond donors (Lipinski definition) is 0. The maximum Gasteiger partial charge on any atom is 0.175 e. The van der Waals surface area contributed by atoms with E-state index in [9.17, 15) is 0 Å². The van der Waals surface area contributed by atoms with Crippen LogP contribution in [0.3, 0.4) is 0 Å². The van der Waals surface area contributed by atoms with E-state index >= 15 is 0 Å². The van der Waals surface area contributed by atoms with Crippen LogP contribution in [0.4, 0.5) is 0 Å². The van der Waals surface area contributed by atoms with Crippen LogP contribution in [0.1, 0.15) is 0 Å². The lowest BCUT2D eigenvalue weighted by atomic mass is 11.7. The van der Waals surface area contributed by atoms with E-state index in [4.69, 9.17) is 0 Å². The molecule has 2 nitrogen and oxygen atoms in total. The average Bonchev–Trinajstić information content (AvgIpc) is 1.76. The van der Waals surface area contributed by atoms with Gasteiger partial charge in [0, 0.05) is 0 Å². The van der Waals surface area contributed by atoms with Gasteiger partial charge in [0.1, 0.15) is 0 Å². The Morgan fingerprint density at radius 2 is 3.00 bits per heavy atom. The molecule has 0 fully saturated rings. The second-order valence-corrected chi connectivity index (χ2v) is 1.28. The minimum absolute atomic E-state index is 0.639. The van der Waals surface area contributed by atoms with Crippen LogP contribution in [-0.4, -0.2) is 11.5 Å². The van der Waals surface area contributed by atoms with E-state index in [1.807, 2.05) is 0 Å². The quantitative estimate of drug-likeness (QED) is 0.430. The molecule has 0 saturated heterocycles. The third kappa shape index (κ3) is 0.545. The minimum Gasteiger partial charge on any atom is -0.383 e. The van der Waals surface area contributed by atoms with Crippen molar-refractivity contribution in [2.24, 2.45) is 5.16 Å². The molecule has 0 amide bonds. The molecule has 0 aliphatic carbocycles. The van der Waals surface area contributed by atoms with Gasteiger partial charge in [0.25, 0.3) is 0 Å². The number of rotatable bonds is 0. The zero-order valence-corrected chi connectivity index (χ0v) is 3.29. The number of nitrogens with zero attached hydrogens (tertiary/aromatic N) is 1. The van der Waals surface area contributed by atoms with Gasteiger partial charge in [-0.2, -0.15) is 0 Å². The molecule has 0 unspecified atom stereocenters. The predicted octanol–water partition coefficient (Wildman–Crippen LogP) is 0.528. The first-order chi connectivity index (χ1) is 2.50. The molecular formula is C2H2NOS. The zero-order chi connectivity index (χ0) is 3.54. The summed E-state index contributed by atoms with van der Waals surface area (Å²) in [5, 5.41) is 3.30. The van der Waals surface area contributed by atoms with Gasteiger partial charge in [0.05, 0.1) is 0 Å². The molecule has 1 radical (unpaired) electrons. The van der Waals surface area contributed by atoms with E-state index < -0.39 is 0 Å². The Morgan fingerprint density at radius 1 is 2.00 bits per heavy atom. The molecule has 0 aromatic carbocycles. The first kappa shape index (κ1) is 3.03. The van der Waals surface area contributed by atoms with Crippen molar-refractivity contribution in [3.05, 3.63) is 0 Å². The fourth-order valence-corrected chi connectivity index (χ4v) is 0.395. The molecule has 0 atom stereocenters. The first-order valence-electron chi connectivity index (χ1n) is 1.19. The third-order valence-electron chi connectivity index (χ3n) is 0.278. The monoisotopic (exact) mass is 88.0 g/mol. The van der Waals surface area contributed by atoms with Crippen molar-refractivity contribution in [2.75, 3.05) is 5.94 Å². The van der Waals surface area contributed by atoms with Crippen LogP contribution in [0.15, 0.2) is 5.16 Å².